The van der Waals surface area contributed by atoms with Gasteiger partial charge in [-0.2, -0.15) is 5.10 Å². The lowest BCUT2D eigenvalue weighted by Gasteiger charge is -2.44. The van der Waals surface area contributed by atoms with E-state index in [2.05, 4.69) is 61.5 Å². The monoisotopic (exact) mass is 314 g/mol. The summed E-state index contributed by atoms with van der Waals surface area (Å²) in [6.45, 7) is 17.1. The maximum atomic E-state index is 6.47. The van der Waals surface area contributed by atoms with E-state index in [1.807, 2.05) is 0 Å². The number of aromatic nitrogens is 2. The van der Waals surface area contributed by atoms with Crippen LogP contribution in [0.4, 0.5) is 0 Å². The molecule has 5 heteroatoms. The van der Waals surface area contributed by atoms with Crippen LogP contribution in [0.2, 0.25) is 5.02 Å². The Bertz CT molecular complexity index is 424. The maximum Gasteiger partial charge on any atom is 0.0834 e. The molecule has 1 aromatic heterocycles. The fourth-order valence-corrected chi connectivity index (χ4v) is 3.41. The fourth-order valence-electron chi connectivity index (χ4n) is 3.16. The van der Waals surface area contributed by atoms with Gasteiger partial charge < -0.3 is 5.32 Å². The topological polar surface area (TPSA) is 33.1 Å². The van der Waals surface area contributed by atoms with Gasteiger partial charge in [-0.1, -0.05) is 39.3 Å². The molecule has 1 N–H and O–H groups in total. The van der Waals surface area contributed by atoms with Crippen LogP contribution >= 0.6 is 11.6 Å². The minimum atomic E-state index is -0.0331. The highest BCUT2D eigenvalue weighted by Gasteiger charge is 2.37. The van der Waals surface area contributed by atoms with Crippen molar-refractivity contribution in [2.75, 3.05) is 19.6 Å². The zero-order chi connectivity index (χ0) is 16.0. The molecule has 1 unspecified atom stereocenters. The smallest absolute Gasteiger partial charge is 0.0834 e. The number of hydrogen-bond donors (Lipinski definition) is 1. The summed E-state index contributed by atoms with van der Waals surface area (Å²) in [5.74, 6) is 0. The molecule has 0 aliphatic carbocycles. The lowest BCUT2D eigenvalue weighted by atomic mass is 9.89. The van der Waals surface area contributed by atoms with E-state index in [1.165, 1.54) is 0 Å². The van der Waals surface area contributed by atoms with E-state index in [9.17, 15) is 0 Å². The Morgan fingerprint density at radius 2 is 1.90 bits per heavy atom. The van der Waals surface area contributed by atoms with Crippen molar-refractivity contribution in [3.8, 4) is 0 Å². The van der Waals surface area contributed by atoms with Crippen LogP contribution in [0.15, 0.2) is 6.20 Å². The zero-order valence-electron chi connectivity index (χ0n) is 14.4. The molecule has 122 valence electrons. The number of aryl methyl sites for hydroxylation is 1. The Morgan fingerprint density at radius 3 is 2.38 bits per heavy atom. The van der Waals surface area contributed by atoms with Crippen molar-refractivity contribution in [3.63, 3.8) is 0 Å². The van der Waals surface area contributed by atoms with Crippen LogP contribution < -0.4 is 5.32 Å². The lowest BCUT2D eigenvalue weighted by Crippen LogP contribution is -2.53. The molecule has 0 bridgehead atoms. The third-order valence-electron chi connectivity index (χ3n) is 4.24. The van der Waals surface area contributed by atoms with Crippen molar-refractivity contribution in [1.29, 1.82) is 0 Å². The van der Waals surface area contributed by atoms with Crippen molar-refractivity contribution < 1.29 is 0 Å². The minimum Gasteiger partial charge on any atom is -0.307 e. The Labute approximate surface area is 134 Å². The van der Waals surface area contributed by atoms with Gasteiger partial charge in [0.15, 0.2) is 0 Å². The summed E-state index contributed by atoms with van der Waals surface area (Å²) in [5.41, 5.74) is 1.08. The summed E-state index contributed by atoms with van der Waals surface area (Å²) in [7, 11) is 0. The van der Waals surface area contributed by atoms with Crippen LogP contribution in [0.5, 0.6) is 0 Å². The molecular weight excluding hydrogens is 284 g/mol. The predicted octanol–water partition coefficient (Wildman–Crippen LogP) is 3.72. The highest BCUT2D eigenvalue weighted by atomic mass is 35.5. The fraction of sp³-hybridized carbons (Fsp3) is 0.812. The van der Waals surface area contributed by atoms with Crippen LogP contribution in [0.3, 0.4) is 0 Å². The van der Waals surface area contributed by atoms with Crippen molar-refractivity contribution in [3.05, 3.63) is 16.9 Å². The van der Waals surface area contributed by atoms with Gasteiger partial charge in [-0.25, -0.2) is 0 Å². The summed E-state index contributed by atoms with van der Waals surface area (Å²) in [6.07, 6.45) is 2.82. The second-order valence-corrected chi connectivity index (χ2v) is 6.32. The molecule has 1 heterocycles. The summed E-state index contributed by atoms with van der Waals surface area (Å²) >= 11 is 6.47. The minimum absolute atomic E-state index is 0.0331. The Balaban J connectivity index is 3.25. The van der Waals surface area contributed by atoms with Gasteiger partial charge in [0.05, 0.1) is 23.0 Å². The highest BCUT2D eigenvalue weighted by Crippen LogP contribution is 2.34. The van der Waals surface area contributed by atoms with E-state index in [-0.39, 0.29) is 11.6 Å². The van der Waals surface area contributed by atoms with E-state index >= 15 is 0 Å². The molecule has 0 saturated carbocycles. The summed E-state index contributed by atoms with van der Waals surface area (Å²) in [4.78, 5) is 2.47. The number of likely N-dealkylation sites (N-methyl/N-ethyl adjacent to an activating group) is 2. The van der Waals surface area contributed by atoms with Crippen LogP contribution in [-0.4, -0.2) is 39.9 Å². The lowest BCUT2D eigenvalue weighted by molar-refractivity contribution is 0.0881. The quantitative estimate of drug-likeness (QED) is 0.754. The summed E-state index contributed by atoms with van der Waals surface area (Å²) in [6, 6.07) is 0.156. The predicted molar refractivity (Wildman–Crippen MR) is 90.9 cm³/mol. The first kappa shape index (κ1) is 18.5. The molecule has 1 rings (SSSR count). The number of nitrogens with one attached hydrogen (secondary N) is 1. The molecule has 0 radical (unpaired) electrons. The average Bonchev–Trinajstić information content (AvgIpc) is 2.78. The number of rotatable bonds is 9. The van der Waals surface area contributed by atoms with E-state index < -0.39 is 0 Å². The average molecular weight is 315 g/mol. The first-order valence-electron chi connectivity index (χ1n) is 8.13. The van der Waals surface area contributed by atoms with Crippen molar-refractivity contribution >= 4 is 11.6 Å². The Kier molecular flexibility index (Phi) is 7.17. The molecule has 0 aliphatic rings. The van der Waals surface area contributed by atoms with Crippen molar-refractivity contribution in [1.82, 2.24) is 20.0 Å². The van der Waals surface area contributed by atoms with Crippen molar-refractivity contribution in [2.24, 2.45) is 0 Å². The molecule has 4 nitrogen and oxygen atoms in total. The van der Waals surface area contributed by atoms with Crippen LogP contribution in [0, 0.1) is 0 Å². The van der Waals surface area contributed by atoms with Gasteiger partial charge in [0.2, 0.25) is 0 Å². The van der Waals surface area contributed by atoms with E-state index in [1.54, 1.807) is 6.20 Å². The maximum absolute atomic E-state index is 6.47. The molecule has 1 aromatic rings. The molecule has 0 amide bonds. The van der Waals surface area contributed by atoms with E-state index in [4.69, 9.17) is 11.6 Å². The van der Waals surface area contributed by atoms with Crippen molar-refractivity contribution in [2.45, 2.75) is 66.1 Å². The van der Waals surface area contributed by atoms with Gasteiger partial charge in [-0.3, -0.25) is 9.58 Å². The third-order valence-corrected chi connectivity index (χ3v) is 4.53. The third kappa shape index (κ3) is 3.99. The van der Waals surface area contributed by atoms with Gasteiger partial charge in [0.25, 0.3) is 0 Å². The number of hydrogen-bond acceptors (Lipinski definition) is 3. The van der Waals surface area contributed by atoms with Gasteiger partial charge in [-0.05, 0) is 39.9 Å². The molecule has 0 fully saturated rings. The normalized spacial score (nSPS) is 13.9. The molecule has 0 spiro atoms. The SMILES string of the molecule is CCCn1ncc(Cl)c1C(NCC)C(C)(C)N(CC)CC. The van der Waals surface area contributed by atoms with Crippen LogP contribution in [0.25, 0.3) is 0 Å². The number of halogens is 1. The first-order valence-corrected chi connectivity index (χ1v) is 8.51. The van der Waals surface area contributed by atoms with Crippen LogP contribution in [0.1, 0.15) is 59.7 Å². The molecule has 0 saturated heterocycles. The van der Waals surface area contributed by atoms with Gasteiger partial charge in [0.1, 0.15) is 0 Å². The van der Waals surface area contributed by atoms with Gasteiger partial charge >= 0.3 is 0 Å². The highest BCUT2D eigenvalue weighted by molar-refractivity contribution is 6.31. The van der Waals surface area contributed by atoms with E-state index in [0.717, 1.165) is 43.3 Å². The second-order valence-electron chi connectivity index (χ2n) is 5.92. The molecule has 0 aliphatic heterocycles. The zero-order valence-corrected chi connectivity index (χ0v) is 15.2. The Morgan fingerprint density at radius 1 is 1.29 bits per heavy atom. The van der Waals surface area contributed by atoms with Gasteiger partial charge in [-0.15, -0.1) is 0 Å². The largest absolute Gasteiger partial charge is 0.307 e. The Hall–Kier alpha value is -0.580. The molecule has 0 aromatic carbocycles. The molecule has 1 atom stereocenters. The van der Waals surface area contributed by atoms with Gasteiger partial charge in [0, 0.05) is 12.1 Å². The second kappa shape index (κ2) is 8.16. The molecule has 21 heavy (non-hydrogen) atoms. The van der Waals surface area contributed by atoms with Crippen LogP contribution in [-0.2, 0) is 6.54 Å². The summed E-state index contributed by atoms with van der Waals surface area (Å²) < 4.78 is 2.06. The summed E-state index contributed by atoms with van der Waals surface area (Å²) in [5, 5.41) is 8.85. The standard InChI is InChI=1S/C16H31ClN4/c1-7-11-21-14(13(17)12-19-21)15(18-8-2)16(5,6)20(9-3)10-4/h12,15,18H,7-11H2,1-6H3. The molecular formula is C16H31ClN4. The number of nitrogens with zero attached hydrogens (tertiary/aromatic N) is 3. The van der Waals surface area contributed by atoms with E-state index in [0.29, 0.717) is 0 Å². The first-order chi connectivity index (χ1) is 9.93.